The van der Waals surface area contributed by atoms with Gasteiger partial charge >= 0.3 is 0 Å². The fourth-order valence-electron chi connectivity index (χ4n) is 2.82. The second-order valence-corrected chi connectivity index (χ2v) is 5.20. The third-order valence-corrected chi connectivity index (χ3v) is 3.86. The zero-order valence-electron chi connectivity index (χ0n) is 11.5. The van der Waals surface area contributed by atoms with Gasteiger partial charge < -0.3 is 5.11 Å². The van der Waals surface area contributed by atoms with Crippen LogP contribution in [0, 0.1) is 0 Å². The Kier molecular flexibility index (Phi) is 3.93. The van der Waals surface area contributed by atoms with E-state index in [-0.39, 0.29) is 12.6 Å². The first-order valence-corrected chi connectivity index (χ1v) is 7.19. The molecule has 20 heavy (non-hydrogen) atoms. The molecule has 0 aliphatic heterocycles. The lowest BCUT2D eigenvalue weighted by atomic mass is 9.90. The molecule has 0 spiro atoms. The van der Waals surface area contributed by atoms with Gasteiger partial charge in [0.2, 0.25) is 0 Å². The molecule has 1 aliphatic rings. The first kappa shape index (κ1) is 13.1. The number of nitrogens with zero attached hydrogens (tertiary/aromatic N) is 1. The number of aryl methyl sites for hydroxylation is 1. The number of fused-ring (bicyclic) bond motifs is 1. The summed E-state index contributed by atoms with van der Waals surface area (Å²) < 4.78 is 0. The summed E-state index contributed by atoms with van der Waals surface area (Å²) in [5, 5.41) is 9.65. The first-order chi connectivity index (χ1) is 9.88. The van der Waals surface area contributed by atoms with E-state index in [4.69, 9.17) is 4.99 Å². The average Bonchev–Trinajstić information content (AvgIpc) is 2.53. The van der Waals surface area contributed by atoms with Gasteiger partial charge in [-0.2, -0.15) is 0 Å². The molecular weight excluding hydrogens is 246 g/mol. The summed E-state index contributed by atoms with van der Waals surface area (Å²) in [5.41, 5.74) is 4.84. The van der Waals surface area contributed by atoms with Gasteiger partial charge in [-0.15, -0.1) is 0 Å². The van der Waals surface area contributed by atoms with Crippen molar-refractivity contribution >= 4 is 5.71 Å². The standard InChI is InChI=1S/C18H19NO/c20-13-18(15-8-2-1-3-9-15)19-17-12-6-10-14-7-4-5-11-16(14)17/h1-5,7-9,11,18,20H,6,10,12-13H2/b19-17+/t18-/m0/s1. The summed E-state index contributed by atoms with van der Waals surface area (Å²) in [6.07, 6.45) is 3.27. The summed E-state index contributed by atoms with van der Waals surface area (Å²) in [4.78, 5) is 4.83. The molecule has 2 aromatic carbocycles. The van der Waals surface area contributed by atoms with Crippen LogP contribution in [0.25, 0.3) is 0 Å². The van der Waals surface area contributed by atoms with Crippen LogP contribution in [0.3, 0.4) is 0 Å². The highest BCUT2D eigenvalue weighted by Gasteiger charge is 2.17. The first-order valence-electron chi connectivity index (χ1n) is 7.19. The molecule has 2 heteroatoms. The van der Waals surface area contributed by atoms with Gasteiger partial charge in [-0.3, -0.25) is 4.99 Å². The molecule has 0 unspecified atom stereocenters. The predicted octanol–water partition coefficient (Wildman–Crippen LogP) is 3.55. The van der Waals surface area contributed by atoms with Crippen LogP contribution in [-0.4, -0.2) is 17.4 Å². The van der Waals surface area contributed by atoms with Crippen molar-refractivity contribution in [2.75, 3.05) is 6.61 Å². The summed E-state index contributed by atoms with van der Waals surface area (Å²) in [7, 11) is 0. The molecule has 0 amide bonds. The lowest BCUT2D eigenvalue weighted by Crippen LogP contribution is -2.14. The van der Waals surface area contributed by atoms with E-state index in [1.165, 1.54) is 11.1 Å². The van der Waals surface area contributed by atoms with Crippen LogP contribution in [0.15, 0.2) is 59.6 Å². The topological polar surface area (TPSA) is 32.6 Å². The van der Waals surface area contributed by atoms with Crippen LogP contribution >= 0.6 is 0 Å². The minimum absolute atomic E-state index is 0.0513. The smallest absolute Gasteiger partial charge is 0.0983 e. The number of rotatable bonds is 3. The monoisotopic (exact) mass is 265 g/mol. The zero-order valence-corrected chi connectivity index (χ0v) is 11.5. The number of aliphatic hydroxyl groups is 1. The van der Waals surface area contributed by atoms with Gasteiger partial charge in [0.15, 0.2) is 0 Å². The Bertz CT molecular complexity index is 604. The third-order valence-electron chi connectivity index (χ3n) is 3.86. The lowest BCUT2D eigenvalue weighted by molar-refractivity contribution is 0.269. The number of hydrogen-bond donors (Lipinski definition) is 1. The maximum Gasteiger partial charge on any atom is 0.0983 e. The molecule has 1 N–H and O–H groups in total. The van der Waals surface area contributed by atoms with Crippen molar-refractivity contribution in [2.45, 2.75) is 25.3 Å². The van der Waals surface area contributed by atoms with E-state index in [0.717, 1.165) is 30.5 Å². The summed E-state index contributed by atoms with van der Waals surface area (Å²) in [6, 6.07) is 18.4. The van der Waals surface area contributed by atoms with Gasteiger partial charge in [0.05, 0.1) is 12.6 Å². The van der Waals surface area contributed by atoms with Gasteiger partial charge in [-0.1, -0.05) is 54.6 Å². The SMILES string of the molecule is OC[C@H](/N=C1\CCCc2ccccc21)c1ccccc1. The lowest BCUT2D eigenvalue weighted by Gasteiger charge is -2.20. The second-order valence-electron chi connectivity index (χ2n) is 5.20. The zero-order chi connectivity index (χ0) is 13.8. The normalized spacial score (nSPS) is 17.8. The highest BCUT2D eigenvalue weighted by Crippen LogP contribution is 2.25. The molecule has 2 aromatic rings. The van der Waals surface area contributed by atoms with Crippen molar-refractivity contribution < 1.29 is 5.11 Å². The molecule has 102 valence electrons. The van der Waals surface area contributed by atoms with E-state index >= 15 is 0 Å². The molecule has 3 rings (SSSR count). The van der Waals surface area contributed by atoms with E-state index in [2.05, 4.69) is 24.3 Å². The van der Waals surface area contributed by atoms with Crippen molar-refractivity contribution in [3.63, 3.8) is 0 Å². The summed E-state index contributed by atoms with van der Waals surface area (Å²) in [6.45, 7) is 0.0513. The maximum absolute atomic E-state index is 9.65. The van der Waals surface area contributed by atoms with E-state index in [9.17, 15) is 5.11 Å². The Morgan fingerprint density at radius 2 is 1.70 bits per heavy atom. The minimum atomic E-state index is -0.155. The maximum atomic E-state index is 9.65. The van der Waals surface area contributed by atoms with Gasteiger partial charge in [0.25, 0.3) is 0 Å². The second kappa shape index (κ2) is 6.02. The highest BCUT2D eigenvalue weighted by atomic mass is 16.3. The van der Waals surface area contributed by atoms with Gasteiger partial charge in [-0.25, -0.2) is 0 Å². The van der Waals surface area contributed by atoms with Crippen LogP contribution < -0.4 is 0 Å². The molecule has 1 atom stereocenters. The molecule has 0 radical (unpaired) electrons. The van der Waals surface area contributed by atoms with Crippen molar-refractivity contribution in [2.24, 2.45) is 4.99 Å². The fourth-order valence-corrected chi connectivity index (χ4v) is 2.82. The van der Waals surface area contributed by atoms with E-state index < -0.39 is 0 Å². The van der Waals surface area contributed by atoms with Gasteiger partial charge in [-0.05, 0) is 36.0 Å². The molecule has 0 fully saturated rings. The Morgan fingerprint density at radius 1 is 0.950 bits per heavy atom. The van der Waals surface area contributed by atoms with Crippen LogP contribution in [0.2, 0.25) is 0 Å². The molecule has 1 aliphatic carbocycles. The Morgan fingerprint density at radius 3 is 2.50 bits per heavy atom. The van der Waals surface area contributed by atoms with Crippen LogP contribution in [0.4, 0.5) is 0 Å². The van der Waals surface area contributed by atoms with Crippen molar-refractivity contribution in [3.8, 4) is 0 Å². The molecule has 0 heterocycles. The molecule has 2 nitrogen and oxygen atoms in total. The van der Waals surface area contributed by atoms with Gasteiger partial charge in [0, 0.05) is 5.71 Å². The Balaban J connectivity index is 1.96. The van der Waals surface area contributed by atoms with E-state index in [0.29, 0.717) is 0 Å². The van der Waals surface area contributed by atoms with E-state index in [1.54, 1.807) is 0 Å². The van der Waals surface area contributed by atoms with Crippen LogP contribution in [0.1, 0.15) is 35.6 Å². The quantitative estimate of drug-likeness (QED) is 0.904. The van der Waals surface area contributed by atoms with E-state index in [1.807, 2.05) is 30.3 Å². The summed E-state index contributed by atoms with van der Waals surface area (Å²) >= 11 is 0. The van der Waals surface area contributed by atoms with Crippen LogP contribution in [-0.2, 0) is 6.42 Å². The minimum Gasteiger partial charge on any atom is -0.394 e. The third kappa shape index (κ3) is 2.66. The Hall–Kier alpha value is -1.93. The highest BCUT2D eigenvalue weighted by molar-refractivity contribution is 6.02. The average molecular weight is 265 g/mol. The number of aliphatic hydroxyl groups excluding tert-OH is 1. The molecule has 0 saturated heterocycles. The number of aliphatic imine (C=N–C) groups is 1. The summed E-state index contributed by atoms with van der Waals surface area (Å²) in [5.74, 6) is 0. The van der Waals surface area contributed by atoms with Crippen molar-refractivity contribution in [3.05, 3.63) is 71.3 Å². The van der Waals surface area contributed by atoms with Crippen molar-refractivity contribution in [1.29, 1.82) is 0 Å². The molecule has 0 bridgehead atoms. The molecule has 0 aromatic heterocycles. The van der Waals surface area contributed by atoms with Gasteiger partial charge in [0.1, 0.15) is 0 Å². The van der Waals surface area contributed by atoms with Crippen LogP contribution in [0.5, 0.6) is 0 Å². The largest absolute Gasteiger partial charge is 0.394 e. The fraction of sp³-hybridized carbons (Fsp3) is 0.278. The number of hydrogen-bond acceptors (Lipinski definition) is 2. The molecular formula is C18H19NO. The van der Waals surface area contributed by atoms with Crippen molar-refractivity contribution in [1.82, 2.24) is 0 Å². The molecule has 0 saturated carbocycles. The number of benzene rings is 2. The Labute approximate surface area is 119 Å². The predicted molar refractivity (Wildman–Crippen MR) is 82.2 cm³/mol.